The molecular formula is C21H26ClFN4O2. The highest BCUT2D eigenvalue weighted by Gasteiger charge is 2.33. The van der Waals surface area contributed by atoms with Gasteiger partial charge in [-0.25, -0.2) is 4.39 Å². The van der Waals surface area contributed by atoms with Crippen molar-refractivity contribution in [3.8, 4) is 0 Å². The lowest BCUT2D eigenvalue weighted by Crippen LogP contribution is -2.41. The number of halogens is 2. The Morgan fingerprint density at radius 2 is 1.72 bits per heavy atom. The number of benzene rings is 2. The summed E-state index contributed by atoms with van der Waals surface area (Å²) in [5.74, 6) is -0.887. The molecule has 0 radical (unpaired) electrons. The summed E-state index contributed by atoms with van der Waals surface area (Å²) in [4.78, 5) is 27.6. The molecule has 1 saturated heterocycles. The molecule has 8 heteroatoms. The van der Waals surface area contributed by atoms with Crippen LogP contribution in [0.15, 0.2) is 54.6 Å². The van der Waals surface area contributed by atoms with Gasteiger partial charge in [0.15, 0.2) is 0 Å². The summed E-state index contributed by atoms with van der Waals surface area (Å²) in [6.45, 7) is 1.62. The summed E-state index contributed by atoms with van der Waals surface area (Å²) < 4.78 is 13.2. The topological polar surface area (TPSA) is 92.7 Å². The molecule has 4 N–H and O–H groups in total. The fourth-order valence-electron chi connectivity index (χ4n) is 3.61. The van der Waals surface area contributed by atoms with E-state index in [4.69, 9.17) is 11.5 Å². The van der Waals surface area contributed by atoms with Crippen molar-refractivity contribution in [2.24, 2.45) is 11.5 Å². The van der Waals surface area contributed by atoms with E-state index in [-0.39, 0.29) is 55.6 Å². The highest BCUT2D eigenvalue weighted by atomic mass is 35.5. The van der Waals surface area contributed by atoms with Crippen LogP contribution >= 0.6 is 12.4 Å². The van der Waals surface area contributed by atoms with Crippen LogP contribution in [-0.4, -0.2) is 48.9 Å². The maximum Gasteiger partial charge on any atom is 0.241 e. The van der Waals surface area contributed by atoms with Crippen LogP contribution in [-0.2, 0) is 9.59 Å². The molecule has 0 bridgehead atoms. The number of carbonyl (C=O) groups is 2. The minimum atomic E-state index is -0.493. The number of nitrogens with two attached hydrogens (primary N) is 2. The van der Waals surface area contributed by atoms with Crippen LogP contribution in [0.25, 0.3) is 0 Å². The number of amides is 2. The minimum absolute atomic E-state index is 0. The Kier molecular flexibility index (Phi) is 8.13. The second-order valence-corrected chi connectivity index (χ2v) is 7.11. The number of nitrogens with zero attached hydrogens (tertiary/aromatic N) is 2. The minimum Gasteiger partial charge on any atom is -0.370 e. The summed E-state index contributed by atoms with van der Waals surface area (Å²) >= 11 is 0. The molecule has 6 nitrogen and oxygen atoms in total. The zero-order valence-electron chi connectivity index (χ0n) is 16.0. The van der Waals surface area contributed by atoms with E-state index in [0.717, 1.165) is 5.56 Å². The maximum atomic E-state index is 13.2. The van der Waals surface area contributed by atoms with E-state index in [9.17, 15) is 14.0 Å². The lowest BCUT2D eigenvalue weighted by molar-refractivity contribution is -0.119. The van der Waals surface area contributed by atoms with Crippen LogP contribution in [0.3, 0.4) is 0 Å². The van der Waals surface area contributed by atoms with Gasteiger partial charge in [-0.2, -0.15) is 0 Å². The molecule has 0 spiro atoms. The summed E-state index contributed by atoms with van der Waals surface area (Å²) in [6.07, 6.45) is 0.0370. The third-order valence-corrected chi connectivity index (χ3v) is 5.05. The van der Waals surface area contributed by atoms with Gasteiger partial charge in [0.05, 0.1) is 6.54 Å². The van der Waals surface area contributed by atoms with Gasteiger partial charge in [-0.3, -0.25) is 14.5 Å². The number of anilines is 1. The van der Waals surface area contributed by atoms with Gasteiger partial charge in [-0.15, -0.1) is 12.4 Å². The number of carbonyl (C=O) groups excluding carboxylic acids is 2. The summed E-state index contributed by atoms with van der Waals surface area (Å²) in [6, 6.07) is 15.6. The van der Waals surface area contributed by atoms with Crippen molar-refractivity contribution in [3.05, 3.63) is 66.0 Å². The number of likely N-dealkylation sites (tertiary alicyclic amines) is 1. The van der Waals surface area contributed by atoms with Crippen molar-refractivity contribution in [2.75, 3.05) is 31.1 Å². The average molecular weight is 421 g/mol. The van der Waals surface area contributed by atoms with Crippen LogP contribution < -0.4 is 16.4 Å². The van der Waals surface area contributed by atoms with Gasteiger partial charge in [0, 0.05) is 43.7 Å². The van der Waals surface area contributed by atoms with E-state index >= 15 is 0 Å². The second kappa shape index (κ2) is 10.3. The van der Waals surface area contributed by atoms with Gasteiger partial charge in [0.25, 0.3) is 0 Å². The van der Waals surface area contributed by atoms with Gasteiger partial charge in [0.1, 0.15) is 5.82 Å². The molecule has 0 aromatic heterocycles. The number of hydrogen-bond donors (Lipinski definition) is 2. The van der Waals surface area contributed by atoms with Crippen molar-refractivity contribution in [1.29, 1.82) is 0 Å². The first kappa shape index (κ1) is 22.8. The van der Waals surface area contributed by atoms with Gasteiger partial charge in [-0.05, 0) is 29.8 Å². The smallest absolute Gasteiger partial charge is 0.241 e. The Morgan fingerprint density at radius 3 is 2.34 bits per heavy atom. The lowest BCUT2D eigenvalue weighted by Gasteiger charge is -2.25. The van der Waals surface area contributed by atoms with Crippen molar-refractivity contribution in [2.45, 2.75) is 18.4 Å². The zero-order chi connectivity index (χ0) is 20.1. The lowest BCUT2D eigenvalue weighted by atomic mass is 9.95. The first-order valence-electron chi connectivity index (χ1n) is 9.31. The van der Waals surface area contributed by atoms with Crippen LogP contribution in [0, 0.1) is 5.82 Å². The maximum absolute atomic E-state index is 13.2. The molecule has 1 heterocycles. The number of rotatable bonds is 7. The van der Waals surface area contributed by atoms with E-state index in [1.165, 1.54) is 29.2 Å². The van der Waals surface area contributed by atoms with Gasteiger partial charge >= 0.3 is 0 Å². The Morgan fingerprint density at radius 1 is 1.07 bits per heavy atom. The number of primary amides is 1. The second-order valence-electron chi connectivity index (χ2n) is 7.11. The first-order valence-corrected chi connectivity index (χ1v) is 9.31. The van der Waals surface area contributed by atoms with Crippen LogP contribution in [0.4, 0.5) is 10.1 Å². The van der Waals surface area contributed by atoms with Gasteiger partial charge < -0.3 is 16.4 Å². The Labute approximate surface area is 176 Å². The quantitative estimate of drug-likeness (QED) is 0.715. The third kappa shape index (κ3) is 6.00. The first-order chi connectivity index (χ1) is 13.4. The largest absolute Gasteiger partial charge is 0.370 e. The van der Waals surface area contributed by atoms with Crippen LogP contribution in [0.1, 0.15) is 17.9 Å². The van der Waals surface area contributed by atoms with Gasteiger partial charge in [0.2, 0.25) is 11.8 Å². The highest BCUT2D eigenvalue weighted by Crippen LogP contribution is 2.26. The SMILES string of the molecule is Cl.NC(=O)CCN(C(=O)CN1C[C@@H](N)[C@H](c2ccccc2)C1)c1ccc(F)cc1. The molecule has 1 aliphatic heterocycles. The van der Waals surface area contributed by atoms with Crippen molar-refractivity contribution in [3.63, 3.8) is 0 Å². The molecule has 156 valence electrons. The predicted molar refractivity (Wildman–Crippen MR) is 113 cm³/mol. The molecule has 0 saturated carbocycles. The predicted octanol–water partition coefficient (Wildman–Crippen LogP) is 1.88. The summed E-state index contributed by atoms with van der Waals surface area (Å²) in [5, 5.41) is 0. The van der Waals surface area contributed by atoms with Crippen molar-refractivity contribution < 1.29 is 14.0 Å². The van der Waals surface area contributed by atoms with E-state index in [1.807, 2.05) is 35.2 Å². The third-order valence-electron chi connectivity index (χ3n) is 5.05. The molecule has 2 aromatic rings. The Hall–Kier alpha value is -2.48. The van der Waals surface area contributed by atoms with Crippen molar-refractivity contribution >= 4 is 29.9 Å². The van der Waals surface area contributed by atoms with E-state index in [1.54, 1.807) is 0 Å². The molecule has 1 aliphatic rings. The molecule has 0 unspecified atom stereocenters. The van der Waals surface area contributed by atoms with Crippen molar-refractivity contribution in [1.82, 2.24) is 4.90 Å². The monoisotopic (exact) mass is 420 g/mol. The standard InChI is InChI=1S/C21H25FN4O2.ClH/c22-16-6-8-17(9-7-16)26(11-10-20(24)27)21(28)14-25-12-18(19(23)13-25)15-4-2-1-3-5-15;/h1-9,18-19H,10-14,23H2,(H2,24,27);1H/t18-,19+;/m0./s1. The van der Waals surface area contributed by atoms with Crippen LogP contribution in [0.5, 0.6) is 0 Å². The summed E-state index contributed by atoms with van der Waals surface area (Å²) in [5.41, 5.74) is 13.3. The normalized spacial score (nSPS) is 18.8. The Balaban J connectivity index is 0.00000300. The number of hydrogen-bond acceptors (Lipinski definition) is 4. The average Bonchev–Trinajstić information content (AvgIpc) is 3.04. The fourth-order valence-corrected chi connectivity index (χ4v) is 3.61. The van der Waals surface area contributed by atoms with E-state index in [0.29, 0.717) is 18.8 Å². The molecule has 0 aliphatic carbocycles. The van der Waals surface area contributed by atoms with E-state index < -0.39 is 5.91 Å². The fraction of sp³-hybridized carbons (Fsp3) is 0.333. The molecule has 1 fully saturated rings. The highest BCUT2D eigenvalue weighted by molar-refractivity contribution is 5.95. The van der Waals surface area contributed by atoms with E-state index in [2.05, 4.69) is 0 Å². The zero-order valence-corrected chi connectivity index (χ0v) is 16.9. The Bertz CT molecular complexity index is 819. The molecule has 29 heavy (non-hydrogen) atoms. The molecular weight excluding hydrogens is 395 g/mol. The molecule has 2 aromatic carbocycles. The molecule has 3 rings (SSSR count). The van der Waals surface area contributed by atoms with Crippen LogP contribution in [0.2, 0.25) is 0 Å². The molecule has 2 amide bonds. The van der Waals surface area contributed by atoms with Gasteiger partial charge in [-0.1, -0.05) is 30.3 Å². The molecule has 2 atom stereocenters. The summed E-state index contributed by atoms with van der Waals surface area (Å²) in [7, 11) is 0.